The maximum absolute atomic E-state index is 14.1. The summed E-state index contributed by atoms with van der Waals surface area (Å²) in [6.07, 6.45) is 6.17. The maximum Gasteiger partial charge on any atom is 0.260 e. The van der Waals surface area contributed by atoms with Crippen molar-refractivity contribution in [3.63, 3.8) is 0 Å². The van der Waals surface area contributed by atoms with E-state index in [2.05, 4.69) is 46.3 Å². The Morgan fingerprint density at radius 1 is 1.12 bits per heavy atom. The minimum atomic E-state index is -0.668. The number of pyridine rings is 1. The summed E-state index contributed by atoms with van der Waals surface area (Å²) >= 11 is 1.60. The highest BCUT2D eigenvalue weighted by atomic mass is 32.2. The summed E-state index contributed by atoms with van der Waals surface area (Å²) in [6, 6.07) is 17.5. The Balaban J connectivity index is 1.24. The quantitative estimate of drug-likeness (QED) is 0.290. The molecule has 214 valence electrons. The van der Waals surface area contributed by atoms with Crippen LogP contribution in [0, 0.1) is 5.92 Å². The number of benzene rings is 2. The molecule has 1 saturated heterocycles. The predicted octanol–water partition coefficient (Wildman–Crippen LogP) is 5.68. The molecule has 0 spiro atoms. The van der Waals surface area contributed by atoms with Gasteiger partial charge in [-0.3, -0.25) is 14.2 Å². The SMILES string of the molecule is C=C(c1cc2cnc(Nc3ccc(N(C)C4CCCNC4)cc3)nc2n(C2CSc3ccccc3C2=O)c1=O)C1CC1. The second kappa shape index (κ2) is 11.0. The number of likely N-dealkylation sites (N-methyl/N-ethyl adjacent to an activating group) is 1. The fraction of sp³-hybridized carbons (Fsp3) is 0.333. The molecule has 2 atom stereocenters. The average molecular weight is 579 g/mol. The molecule has 2 N–H and O–H groups in total. The van der Waals surface area contributed by atoms with E-state index in [1.807, 2.05) is 42.5 Å². The first-order valence-electron chi connectivity index (χ1n) is 14.7. The van der Waals surface area contributed by atoms with Crippen LogP contribution in [0.15, 0.2) is 77.1 Å². The maximum atomic E-state index is 14.1. The molecule has 2 aliphatic heterocycles. The summed E-state index contributed by atoms with van der Waals surface area (Å²) in [5.41, 5.74) is 4.27. The first kappa shape index (κ1) is 26.9. The molecular weight excluding hydrogens is 544 g/mol. The van der Waals surface area contributed by atoms with Crippen molar-refractivity contribution in [2.75, 3.05) is 36.1 Å². The van der Waals surface area contributed by atoms with Crippen LogP contribution in [0.2, 0.25) is 0 Å². The number of anilines is 3. The Morgan fingerprint density at radius 2 is 1.93 bits per heavy atom. The first-order chi connectivity index (χ1) is 20.5. The fourth-order valence-electron chi connectivity index (χ4n) is 6.05. The number of aromatic nitrogens is 3. The Morgan fingerprint density at radius 3 is 2.69 bits per heavy atom. The highest BCUT2D eigenvalue weighted by Crippen LogP contribution is 2.41. The van der Waals surface area contributed by atoms with Gasteiger partial charge >= 0.3 is 0 Å². The van der Waals surface area contributed by atoms with Gasteiger partial charge in [-0.05, 0) is 80.1 Å². The Labute approximate surface area is 249 Å². The van der Waals surface area contributed by atoms with Gasteiger partial charge in [0, 0.05) is 64.4 Å². The topological polar surface area (TPSA) is 92.2 Å². The number of fused-ring (bicyclic) bond motifs is 2. The third-order valence-corrected chi connectivity index (χ3v) is 9.85. The molecule has 42 heavy (non-hydrogen) atoms. The third kappa shape index (κ3) is 5.01. The van der Waals surface area contributed by atoms with Gasteiger partial charge in [0.2, 0.25) is 5.95 Å². The van der Waals surface area contributed by atoms with Crippen LogP contribution in [0.1, 0.15) is 47.6 Å². The molecular formula is C33H34N6O2S. The molecule has 2 fully saturated rings. The lowest BCUT2D eigenvalue weighted by molar-refractivity contribution is 0.0932. The van der Waals surface area contributed by atoms with Crippen LogP contribution in [0.4, 0.5) is 17.3 Å². The molecule has 0 bridgehead atoms. The standard InChI is InChI=1S/C33H34N6O2S/c1-20(21-9-10-21)27-16-22-17-35-33(36-23-11-13-24(14-12-23)38(2)25-6-5-15-34-18-25)37-31(22)39(32(27)41)28-19-42-29-8-4-3-7-26(29)30(28)40/h3-4,7-8,11-14,16-17,21,25,28,34H,1,5-6,9-10,15,18-19H2,2H3,(H,35,36,37). The lowest BCUT2D eigenvalue weighted by atomic mass is 10.0. The van der Waals surface area contributed by atoms with Crippen LogP contribution >= 0.6 is 11.8 Å². The monoisotopic (exact) mass is 578 g/mol. The highest BCUT2D eigenvalue weighted by molar-refractivity contribution is 7.99. The number of piperidine rings is 1. The van der Waals surface area contributed by atoms with Crippen LogP contribution in [0.3, 0.4) is 0 Å². The van der Waals surface area contributed by atoms with Crippen LogP contribution in [0.25, 0.3) is 16.6 Å². The van der Waals surface area contributed by atoms with E-state index in [1.54, 1.807) is 22.5 Å². The lowest BCUT2D eigenvalue weighted by Crippen LogP contribution is -2.44. The van der Waals surface area contributed by atoms with Crippen molar-refractivity contribution in [3.05, 3.63) is 88.9 Å². The van der Waals surface area contributed by atoms with Crippen molar-refractivity contribution in [3.8, 4) is 0 Å². The van der Waals surface area contributed by atoms with Gasteiger partial charge in [0.05, 0.1) is 0 Å². The van der Waals surface area contributed by atoms with Gasteiger partial charge in [-0.1, -0.05) is 24.8 Å². The number of hydrogen-bond donors (Lipinski definition) is 2. The summed E-state index contributed by atoms with van der Waals surface area (Å²) in [6.45, 7) is 6.33. The molecule has 1 aliphatic carbocycles. The van der Waals surface area contributed by atoms with E-state index in [0.717, 1.165) is 47.8 Å². The number of thioether (sulfide) groups is 1. The molecule has 0 amide bonds. The zero-order valence-corrected chi connectivity index (χ0v) is 24.5. The van der Waals surface area contributed by atoms with Gasteiger partial charge in [-0.2, -0.15) is 4.98 Å². The van der Waals surface area contributed by atoms with Gasteiger partial charge < -0.3 is 15.5 Å². The number of nitrogens with one attached hydrogen (secondary N) is 2. The number of rotatable bonds is 7. The van der Waals surface area contributed by atoms with Crippen LogP contribution in [-0.4, -0.2) is 52.3 Å². The number of hydrogen-bond acceptors (Lipinski definition) is 8. The van der Waals surface area contributed by atoms with Gasteiger partial charge in [-0.15, -0.1) is 11.8 Å². The van der Waals surface area contributed by atoms with Gasteiger partial charge in [0.25, 0.3) is 5.56 Å². The molecule has 4 heterocycles. The number of carbonyl (C=O) groups excluding carboxylic acids is 1. The molecule has 2 unspecified atom stereocenters. The highest BCUT2D eigenvalue weighted by Gasteiger charge is 2.34. The van der Waals surface area contributed by atoms with Crippen molar-refractivity contribution < 1.29 is 4.79 Å². The van der Waals surface area contributed by atoms with E-state index in [-0.39, 0.29) is 11.3 Å². The molecule has 4 aromatic rings. The number of Topliss-reactive ketones (excluding diaryl/α,β-unsaturated/α-hetero) is 1. The fourth-order valence-corrected chi connectivity index (χ4v) is 7.18. The van der Waals surface area contributed by atoms with E-state index in [1.165, 1.54) is 12.8 Å². The van der Waals surface area contributed by atoms with Gasteiger partial charge in [-0.25, -0.2) is 4.98 Å². The normalized spacial score (nSPS) is 20.3. The molecule has 3 aliphatic rings. The smallest absolute Gasteiger partial charge is 0.260 e. The zero-order valence-electron chi connectivity index (χ0n) is 23.7. The van der Waals surface area contributed by atoms with Crippen molar-refractivity contribution in [1.29, 1.82) is 0 Å². The van der Waals surface area contributed by atoms with E-state index >= 15 is 0 Å². The first-order valence-corrected chi connectivity index (χ1v) is 15.6. The van der Waals surface area contributed by atoms with E-state index < -0.39 is 6.04 Å². The summed E-state index contributed by atoms with van der Waals surface area (Å²) in [5.74, 6) is 1.09. The Kier molecular flexibility index (Phi) is 7.07. The van der Waals surface area contributed by atoms with Gasteiger partial charge in [0.15, 0.2) is 5.78 Å². The van der Waals surface area contributed by atoms with E-state index in [0.29, 0.717) is 45.8 Å². The molecule has 1 saturated carbocycles. The lowest BCUT2D eigenvalue weighted by Gasteiger charge is -2.33. The molecule has 0 radical (unpaired) electrons. The third-order valence-electron chi connectivity index (χ3n) is 8.70. The van der Waals surface area contributed by atoms with Crippen LogP contribution in [-0.2, 0) is 0 Å². The minimum absolute atomic E-state index is 0.0667. The number of nitrogens with zero attached hydrogens (tertiary/aromatic N) is 4. The van der Waals surface area contributed by atoms with Crippen molar-refractivity contribution in [2.45, 2.75) is 42.7 Å². The molecule has 2 aromatic heterocycles. The van der Waals surface area contributed by atoms with Crippen molar-refractivity contribution in [2.24, 2.45) is 5.92 Å². The Hall–Kier alpha value is -3.95. The summed E-state index contributed by atoms with van der Waals surface area (Å²) in [7, 11) is 2.14. The Bertz CT molecular complexity index is 1740. The largest absolute Gasteiger partial charge is 0.370 e. The van der Waals surface area contributed by atoms with Gasteiger partial charge in [0.1, 0.15) is 11.7 Å². The summed E-state index contributed by atoms with van der Waals surface area (Å²) in [5, 5.41) is 7.50. The van der Waals surface area contributed by atoms with Crippen LogP contribution in [0.5, 0.6) is 0 Å². The second-order valence-electron chi connectivity index (χ2n) is 11.5. The van der Waals surface area contributed by atoms with E-state index in [9.17, 15) is 9.59 Å². The molecule has 2 aromatic carbocycles. The van der Waals surface area contributed by atoms with Crippen molar-refractivity contribution >= 4 is 51.5 Å². The predicted molar refractivity (Wildman–Crippen MR) is 170 cm³/mol. The average Bonchev–Trinajstić information content (AvgIpc) is 3.88. The number of ketones is 1. The summed E-state index contributed by atoms with van der Waals surface area (Å²) < 4.78 is 1.59. The number of allylic oxidation sites excluding steroid dienone is 1. The van der Waals surface area contributed by atoms with Crippen LogP contribution < -0.4 is 21.1 Å². The molecule has 8 nitrogen and oxygen atoms in total. The zero-order chi connectivity index (χ0) is 28.8. The number of carbonyl (C=O) groups is 1. The minimum Gasteiger partial charge on any atom is -0.370 e. The second-order valence-corrected chi connectivity index (χ2v) is 12.5. The summed E-state index contributed by atoms with van der Waals surface area (Å²) in [4.78, 5) is 40.5. The molecule has 9 heteroatoms. The van der Waals surface area contributed by atoms with Crippen molar-refractivity contribution in [1.82, 2.24) is 19.9 Å². The molecule has 7 rings (SSSR count). The van der Waals surface area contributed by atoms with E-state index in [4.69, 9.17) is 4.98 Å².